The van der Waals surface area contributed by atoms with Gasteiger partial charge in [-0.3, -0.25) is 4.90 Å². The van der Waals surface area contributed by atoms with Crippen LogP contribution in [0.3, 0.4) is 0 Å². The van der Waals surface area contributed by atoms with Crippen molar-refractivity contribution in [3.63, 3.8) is 0 Å². The highest BCUT2D eigenvalue weighted by atomic mass is 19.1. The maximum atomic E-state index is 13.7. The maximum absolute atomic E-state index is 13.7. The third-order valence-corrected chi connectivity index (χ3v) is 4.44. The van der Waals surface area contributed by atoms with Crippen LogP contribution in [0.15, 0.2) is 53.1 Å². The summed E-state index contributed by atoms with van der Waals surface area (Å²) in [5.74, 6) is 1.55. The molecule has 0 aliphatic rings. The minimum Gasteiger partial charge on any atom is -0.497 e. The second-order valence-electron chi connectivity index (χ2n) is 6.24. The van der Waals surface area contributed by atoms with Crippen LogP contribution < -0.4 is 4.74 Å². The van der Waals surface area contributed by atoms with E-state index < -0.39 is 0 Å². The molecule has 0 saturated carbocycles. The molecule has 0 aliphatic carbocycles. The van der Waals surface area contributed by atoms with Crippen molar-refractivity contribution in [1.29, 1.82) is 0 Å². The van der Waals surface area contributed by atoms with Gasteiger partial charge in [-0.05, 0) is 43.3 Å². The molecule has 6 heteroatoms. The van der Waals surface area contributed by atoms with Gasteiger partial charge in [0.15, 0.2) is 5.82 Å². The monoisotopic (exact) mass is 355 g/mol. The molecule has 3 aromatic rings. The second-order valence-corrected chi connectivity index (χ2v) is 6.24. The first-order valence-corrected chi connectivity index (χ1v) is 8.46. The lowest BCUT2D eigenvalue weighted by Gasteiger charge is -2.23. The molecule has 0 N–H and O–H groups in total. The van der Waals surface area contributed by atoms with Gasteiger partial charge in [0.25, 0.3) is 0 Å². The Morgan fingerprint density at radius 2 is 2.00 bits per heavy atom. The Hall–Kier alpha value is -2.73. The molecule has 1 atom stereocenters. The molecule has 0 unspecified atom stereocenters. The van der Waals surface area contributed by atoms with Gasteiger partial charge in [-0.1, -0.05) is 35.5 Å². The molecule has 0 saturated heterocycles. The number of methoxy groups -OCH3 is 1. The lowest BCUT2D eigenvalue weighted by Crippen LogP contribution is -2.22. The predicted octanol–water partition coefficient (Wildman–Crippen LogP) is 4.00. The molecule has 2 aromatic carbocycles. The quantitative estimate of drug-likeness (QED) is 0.641. The molecular formula is C20H22FN3O2. The number of halogens is 1. The molecule has 0 spiro atoms. The summed E-state index contributed by atoms with van der Waals surface area (Å²) in [6.07, 6.45) is 0.311. The van der Waals surface area contributed by atoms with Crippen LogP contribution in [0.4, 0.5) is 4.39 Å². The Morgan fingerprint density at radius 1 is 1.19 bits per heavy atom. The number of hydrogen-bond donors (Lipinski definition) is 0. The highest BCUT2D eigenvalue weighted by molar-refractivity contribution is 5.30. The lowest BCUT2D eigenvalue weighted by molar-refractivity contribution is 0.216. The van der Waals surface area contributed by atoms with E-state index >= 15 is 0 Å². The van der Waals surface area contributed by atoms with Crippen molar-refractivity contribution in [2.75, 3.05) is 14.2 Å². The van der Waals surface area contributed by atoms with E-state index in [9.17, 15) is 4.39 Å². The van der Waals surface area contributed by atoms with Crippen molar-refractivity contribution in [2.24, 2.45) is 0 Å². The standard InChI is InChI=1S/C20H22FN3O2/c1-14(15-8-6-9-17(11-15)25-3)24(2)13-20-22-19(23-26-20)12-16-7-4-5-10-18(16)21/h4-11,14H,12-13H2,1-3H3/t14-/m1/s1. The summed E-state index contributed by atoms with van der Waals surface area (Å²) >= 11 is 0. The number of rotatable bonds is 7. The van der Waals surface area contributed by atoms with Crippen LogP contribution in [-0.2, 0) is 13.0 Å². The molecule has 136 valence electrons. The average Bonchev–Trinajstić information content (AvgIpc) is 3.10. The lowest BCUT2D eigenvalue weighted by atomic mass is 10.1. The van der Waals surface area contributed by atoms with Gasteiger partial charge in [0.2, 0.25) is 5.89 Å². The number of nitrogens with zero attached hydrogens (tertiary/aromatic N) is 3. The Morgan fingerprint density at radius 3 is 2.77 bits per heavy atom. The van der Waals surface area contributed by atoms with E-state index in [1.54, 1.807) is 25.3 Å². The maximum Gasteiger partial charge on any atom is 0.240 e. The fourth-order valence-electron chi connectivity index (χ4n) is 2.74. The van der Waals surface area contributed by atoms with E-state index in [0.717, 1.165) is 11.3 Å². The smallest absolute Gasteiger partial charge is 0.240 e. The number of benzene rings is 2. The zero-order valence-electron chi connectivity index (χ0n) is 15.1. The fourth-order valence-corrected chi connectivity index (χ4v) is 2.74. The van der Waals surface area contributed by atoms with Crippen molar-refractivity contribution in [2.45, 2.75) is 25.9 Å². The summed E-state index contributed by atoms with van der Waals surface area (Å²) < 4.78 is 24.4. The van der Waals surface area contributed by atoms with Crippen molar-refractivity contribution in [3.05, 3.63) is 77.2 Å². The largest absolute Gasteiger partial charge is 0.497 e. The van der Waals surface area contributed by atoms with Crippen LogP contribution in [0.5, 0.6) is 5.75 Å². The zero-order chi connectivity index (χ0) is 18.5. The molecule has 0 amide bonds. The minimum atomic E-state index is -0.261. The van der Waals surface area contributed by atoms with Crippen LogP contribution in [0.25, 0.3) is 0 Å². The third kappa shape index (κ3) is 4.26. The second kappa shape index (κ2) is 8.10. The van der Waals surface area contributed by atoms with Gasteiger partial charge in [0.05, 0.1) is 13.7 Å². The number of ether oxygens (including phenoxy) is 1. The molecule has 1 heterocycles. The summed E-state index contributed by atoms with van der Waals surface area (Å²) in [6.45, 7) is 2.61. The van der Waals surface area contributed by atoms with E-state index in [-0.39, 0.29) is 11.9 Å². The highest BCUT2D eigenvalue weighted by Gasteiger charge is 2.16. The molecule has 0 fully saturated rings. The number of aromatic nitrogens is 2. The average molecular weight is 355 g/mol. The van der Waals surface area contributed by atoms with Crippen molar-refractivity contribution < 1.29 is 13.7 Å². The van der Waals surface area contributed by atoms with Gasteiger partial charge in [0.1, 0.15) is 11.6 Å². The van der Waals surface area contributed by atoms with Gasteiger partial charge in [-0.25, -0.2) is 4.39 Å². The highest BCUT2D eigenvalue weighted by Crippen LogP contribution is 2.24. The topological polar surface area (TPSA) is 51.4 Å². The van der Waals surface area contributed by atoms with Gasteiger partial charge in [-0.15, -0.1) is 0 Å². The predicted molar refractivity (Wildman–Crippen MR) is 96.4 cm³/mol. The molecule has 0 radical (unpaired) electrons. The van der Waals surface area contributed by atoms with Gasteiger partial charge in [-0.2, -0.15) is 4.98 Å². The molecular weight excluding hydrogens is 333 g/mol. The normalized spacial score (nSPS) is 12.3. The van der Waals surface area contributed by atoms with E-state index in [1.807, 2.05) is 25.2 Å². The minimum absolute atomic E-state index is 0.145. The van der Waals surface area contributed by atoms with E-state index in [2.05, 4.69) is 28.0 Å². The van der Waals surface area contributed by atoms with Crippen LogP contribution in [0.2, 0.25) is 0 Å². The summed E-state index contributed by atoms with van der Waals surface area (Å²) in [4.78, 5) is 6.49. The van der Waals surface area contributed by atoms with Crippen molar-refractivity contribution >= 4 is 0 Å². The Balaban J connectivity index is 1.65. The van der Waals surface area contributed by atoms with Crippen molar-refractivity contribution in [1.82, 2.24) is 15.0 Å². The Bertz CT molecular complexity index is 866. The van der Waals surface area contributed by atoms with E-state index in [0.29, 0.717) is 30.2 Å². The molecule has 0 aliphatic heterocycles. The molecule has 5 nitrogen and oxygen atoms in total. The summed E-state index contributed by atoms with van der Waals surface area (Å²) in [6, 6.07) is 14.7. The van der Waals surface area contributed by atoms with Crippen LogP contribution in [0.1, 0.15) is 35.8 Å². The first-order valence-electron chi connectivity index (χ1n) is 8.46. The summed E-state index contributed by atoms with van der Waals surface area (Å²) in [5.41, 5.74) is 1.69. The Kier molecular flexibility index (Phi) is 5.63. The summed E-state index contributed by atoms with van der Waals surface area (Å²) in [5, 5.41) is 3.97. The van der Waals surface area contributed by atoms with Crippen LogP contribution in [0, 0.1) is 5.82 Å². The summed E-state index contributed by atoms with van der Waals surface area (Å²) in [7, 11) is 3.65. The fraction of sp³-hybridized carbons (Fsp3) is 0.300. The van der Waals surface area contributed by atoms with Crippen LogP contribution in [-0.4, -0.2) is 29.2 Å². The Labute approximate surface area is 152 Å². The zero-order valence-corrected chi connectivity index (χ0v) is 15.1. The SMILES string of the molecule is COc1cccc([C@@H](C)N(C)Cc2nc(Cc3ccccc3F)no2)c1. The van der Waals surface area contributed by atoms with E-state index in [1.165, 1.54) is 6.07 Å². The van der Waals surface area contributed by atoms with Gasteiger partial charge < -0.3 is 9.26 Å². The van der Waals surface area contributed by atoms with Crippen molar-refractivity contribution in [3.8, 4) is 5.75 Å². The molecule has 1 aromatic heterocycles. The first kappa shape index (κ1) is 18.1. The van der Waals surface area contributed by atoms with E-state index in [4.69, 9.17) is 9.26 Å². The number of hydrogen-bond acceptors (Lipinski definition) is 5. The van der Waals surface area contributed by atoms with Crippen LogP contribution >= 0.6 is 0 Å². The molecule has 0 bridgehead atoms. The third-order valence-electron chi connectivity index (χ3n) is 4.44. The molecule has 3 rings (SSSR count). The first-order chi connectivity index (χ1) is 12.6. The molecule has 26 heavy (non-hydrogen) atoms. The van der Waals surface area contributed by atoms with Gasteiger partial charge in [0, 0.05) is 12.5 Å². The van der Waals surface area contributed by atoms with Gasteiger partial charge >= 0.3 is 0 Å².